The van der Waals surface area contributed by atoms with Gasteiger partial charge in [-0.3, -0.25) is 18.7 Å². The molecule has 3 aromatic rings. The smallest absolute Gasteiger partial charge is 0.324 e. The van der Waals surface area contributed by atoms with Crippen LogP contribution in [0.2, 0.25) is 0 Å². The van der Waals surface area contributed by atoms with E-state index in [0.717, 1.165) is 4.57 Å². The summed E-state index contributed by atoms with van der Waals surface area (Å²) in [6, 6.07) is 4.56. The summed E-state index contributed by atoms with van der Waals surface area (Å²) in [5.74, 6) is -0.472. The Hall–Kier alpha value is -3.25. The van der Waals surface area contributed by atoms with Crippen LogP contribution in [0, 0.1) is 6.92 Å². The first-order chi connectivity index (χ1) is 15.0. The number of benzene rings is 1. The van der Waals surface area contributed by atoms with Crippen LogP contribution in [0.4, 0.5) is 5.69 Å². The van der Waals surface area contributed by atoms with Gasteiger partial charge in [-0.25, -0.2) is 18.2 Å². The topological polar surface area (TPSA) is 128 Å². The Morgan fingerprint density at radius 2 is 1.78 bits per heavy atom. The van der Waals surface area contributed by atoms with E-state index in [4.69, 9.17) is 0 Å². The van der Waals surface area contributed by atoms with Gasteiger partial charge < -0.3 is 9.88 Å². The van der Waals surface area contributed by atoms with Crippen LogP contribution in [0.15, 0.2) is 39.0 Å². The van der Waals surface area contributed by atoms with E-state index in [9.17, 15) is 22.8 Å². The van der Waals surface area contributed by atoms with Crippen LogP contribution in [0.1, 0.15) is 19.4 Å². The lowest BCUT2D eigenvalue weighted by Crippen LogP contribution is -2.37. The monoisotopic (exact) mass is 462 g/mol. The van der Waals surface area contributed by atoms with Crippen LogP contribution in [0.3, 0.4) is 0 Å². The average molecular weight is 463 g/mol. The summed E-state index contributed by atoms with van der Waals surface area (Å²) in [6.07, 6.45) is 1.32. The van der Waals surface area contributed by atoms with E-state index in [0.29, 0.717) is 24.3 Å². The lowest BCUT2D eigenvalue weighted by atomic mass is 10.2. The number of aryl methyl sites for hydroxylation is 2. The number of imidazole rings is 1. The number of fused-ring (bicyclic) bond motifs is 1. The maximum absolute atomic E-state index is 12.8. The molecule has 0 bridgehead atoms. The van der Waals surface area contributed by atoms with Crippen LogP contribution in [-0.2, 0) is 35.5 Å². The highest BCUT2D eigenvalue weighted by atomic mass is 32.2. The lowest BCUT2D eigenvalue weighted by molar-refractivity contribution is -0.116. The quantitative estimate of drug-likeness (QED) is 0.542. The van der Waals surface area contributed by atoms with Crippen molar-refractivity contribution in [2.75, 3.05) is 18.4 Å². The minimum atomic E-state index is -3.68. The number of nitrogens with zero attached hydrogens (tertiary/aromatic N) is 5. The number of anilines is 1. The molecule has 0 aliphatic rings. The van der Waals surface area contributed by atoms with Gasteiger partial charge in [-0.1, -0.05) is 19.9 Å². The molecule has 0 atom stereocenters. The molecule has 1 amide bonds. The molecule has 2 heterocycles. The van der Waals surface area contributed by atoms with Crippen molar-refractivity contribution >= 4 is 32.8 Å². The number of carbonyl (C=O) groups is 1. The Balaban J connectivity index is 1.93. The van der Waals surface area contributed by atoms with Gasteiger partial charge in [0.2, 0.25) is 15.9 Å². The molecule has 32 heavy (non-hydrogen) atoms. The van der Waals surface area contributed by atoms with E-state index in [-0.39, 0.29) is 22.6 Å². The first-order valence-corrected chi connectivity index (χ1v) is 11.5. The highest BCUT2D eigenvalue weighted by Gasteiger charge is 2.23. The van der Waals surface area contributed by atoms with Gasteiger partial charge in [0, 0.05) is 32.9 Å². The second kappa shape index (κ2) is 8.71. The van der Waals surface area contributed by atoms with Gasteiger partial charge >= 0.3 is 5.69 Å². The van der Waals surface area contributed by atoms with Crippen LogP contribution in [-0.4, -0.2) is 50.4 Å². The third-order valence-electron chi connectivity index (χ3n) is 5.36. The van der Waals surface area contributed by atoms with Gasteiger partial charge in [0.25, 0.3) is 5.56 Å². The molecule has 11 nitrogen and oxygen atoms in total. The molecule has 0 aliphatic heterocycles. The maximum Gasteiger partial charge on any atom is 0.332 e. The Morgan fingerprint density at radius 3 is 2.41 bits per heavy atom. The van der Waals surface area contributed by atoms with Crippen LogP contribution < -0.4 is 16.6 Å². The molecule has 1 aromatic carbocycles. The number of amides is 1. The van der Waals surface area contributed by atoms with Gasteiger partial charge in [-0.05, 0) is 24.6 Å². The van der Waals surface area contributed by atoms with Gasteiger partial charge in [-0.15, -0.1) is 0 Å². The second-order valence-corrected chi connectivity index (χ2v) is 9.30. The van der Waals surface area contributed by atoms with Crippen molar-refractivity contribution in [1.82, 2.24) is 23.0 Å². The summed E-state index contributed by atoms with van der Waals surface area (Å²) >= 11 is 0. The Kier molecular flexibility index (Phi) is 6.37. The van der Waals surface area contributed by atoms with Crippen LogP contribution in [0.25, 0.3) is 11.2 Å². The predicted octanol–water partition coefficient (Wildman–Crippen LogP) is 0.411. The van der Waals surface area contributed by atoms with Gasteiger partial charge in [0.05, 0.1) is 11.2 Å². The molecule has 0 fully saturated rings. The number of nitrogens with one attached hydrogen (secondary N) is 1. The lowest BCUT2D eigenvalue weighted by Gasteiger charge is -2.19. The molecular weight excluding hydrogens is 436 g/mol. The molecule has 0 saturated heterocycles. The summed E-state index contributed by atoms with van der Waals surface area (Å²) in [5, 5.41) is 2.71. The van der Waals surface area contributed by atoms with Crippen molar-refractivity contribution in [3.05, 3.63) is 50.9 Å². The molecular formula is C20H26N6O5S. The predicted molar refractivity (Wildman–Crippen MR) is 120 cm³/mol. The van der Waals surface area contributed by atoms with Crippen LogP contribution in [0.5, 0.6) is 0 Å². The zero-order valence-electron chi connectivity index (χ0n) is 18.6. The molecule has 3 rings (SSSR count). The fourth-order valence-corrected chi connectivity index (χ4v) is 4.95. The van der Waals surface area contributed by atoms with Crippen molar-refractivity contribution in [2.24, 2.45) is 14.1 Å². The third kappa shape index (κ3) is 3.98. The number of hydrogen-bond acceptors (Lipinski definition) is 6. The molecule has 172 valence electrons. The first-order valence-electron chi connectivity index (χ1n) is 10.0. The van der Waals surface area contributed by atoms with Crippen molar-refractivity contribution in [2.45, 2.75) is 32.2 Å². The average Bonchev–Trinajstić information content (AvgIpc) is 3.16. The van der Waals surface area contributed by atoms with Gasteiger partial charge in [-0.2, -0.15) is 4.31 Å². The summed E-state index contributed by atoms with van der Waals surface area (Å²) < 4.78 is 30.5. The molecule has 0 saturated carbocycles. The normalized spacial score (nSPS) is 11.9. The largest absolute Gasteiger partial charge is 0.332 e. The van der Waals surface area contributed by atoms with E-state index in [1.165, 1.54) is 46.0 Å². The minimum Gasteiger partial charge on any atom is -0.324 e. The number of carbonyl (C=O) groups excluding carboxylic acids is 1. The summed E-state index contributed by atoms with van der Waals surface area (Å²) in [6.45, 7) is 5.69. The SMILES string of the molecule is CCN(CC)S(=O)(=O)c1ccc(C)c(NC(=O)Cn2cnc3c2c(=O)n(C)c(=O)n3C)c1. The first kappa shape index (κ1) is 23.4. The van der Waals surface area contributed by atoms with Crippen molar-refractivity contribution < 1.29 is 13.2 Å². The fourth-order valence-electron chi connectivity index (χ4n) is 3.47. The van der Waals surface area contributed by atoms with Gasteiger partial charge in [0.1, 0.15) is 6.54 Å². The molecule has 2 aromatic heterocycles. The number of sulfonamides is 1. The highest BCUT2D eigenvalue weighted by Crippen LogP contribution is 2.23. The number of aromatic nitrogens is 4. The third-order valence-corrected chi connectivity index (χ3v) is 7.40. The van der Waals surface area contributed by atoms with Crippen molar-refractivity contribution in [3.63, 3.8) is 0 Å². The standard InChI is InChI=1S/C20H26N6O5S/c1-6-26(7-2)32(30,31)14-9-8-13(3)15(10-14)22-16(27)11-25-12-21-18-17(25)19(28)24(5)20(29)23(18)4/h8-10,12H,6-7,11H2,1-5H3,(H,22,27). The minimum absolute atomic E-state index is 0.0825. The number of rotatable bonds is 7. The molecule has 1 N–H and O–H groups in total. The van der Waals surface area contributed by atoms with Crippen molar-refractivity contribution in [1.29, 1.82) is 0 Å². The summed E-state index contributed by atoms with van der Waals surface area (Å²) in [4.78, 5) is 41.5. The Bertz CT molecular complexity index is 1410. The number of hydrogen-bond donors (Lipinski definition) is 1. The summed E-state index contributed by atoms with van der Waals surface area (Å²) in [7, 11) is -0.837. The molecule has 0 unspecified atom stereocenters. The van der Waals surface area contributed by atoms with E-state index < -0.39 is 27.2 Å². The highest BCUT2D eigenvalue weighted by molar-refractivity contribution is 7.89. The van der Waals surface area contributed by atoms with E-state index in [2.05, 4.69) is 10.3 Å². The fraction of sp³-hybridized carbons (Fsp3) is 0.400. The van der Waals surface area contributed by atoms with Crippen molar-refractivity contribution in [3.8, 4) is 0 Å². The molecule has 12 heteroatoms. The zero-order chi connectivity index (χ0) is 23.8. The van der Waals surface area contributed by atoms with E-state index >= 15 is 0 Å². The molecule has 0 radical (unpaired) electrons. The van der Waals surface area contributed by atoms with E-state index in [1.807, 2.05) is 0 Å². The summed E-state index contributed by atoms with van der Waals surface area (Å²) in [5.41, 5.74) is 0.267. The molecule has 0 spiro atoms. The molecule has 0 aliphatic carbocycles. The van der Waals surface area contributed by atoms with Crippen LogP contribution >= 0.6 is 0 Å². The Labute approximate surface area is 185 Å². The van der Waals surface area contributed by atoms with Gasteiger partial charge in [0.15, 0.2) is 11.2 Å². The van der Waals surface area contributed by atoms with E-state index in [1.54, 1.807) is 26.8 Å². The maximum atomic E-state index is 12.8. The zero-order valence-corrected chi connectivity index (χ0v) is 19.4. The Morgan fingerprint density at radius 1 is 1.12 bits per heavy atom. The second-order valence-electron chi connectivity index (χ2n) is 7.36.